The number of ether oxygens (including phenoxy) is 1. The van der Waals surface area contributed by atoms with E-state index in [0.29, 0.717) is 38.6 Å². The van der Waals surface area contributed by atoms with Crippen molar-refractivity contribution in [3.05, 3.63) is 12.2 Å². The van der Waals surface area contributed by atoms with Crippen LogP contribution in [0.5, 0.6) is 0 Å². The molecule has 1 amide bonds. The number of hydrogen-bond acceptors (Lipinski definition) is 3. The van der Waals surface area contributed by atoms with Gasteiger partial charge in [0.05, 0.1) is 13.2 Å². The smallest absolute Gasteiger partial charge is 0.220 e. The lowest BCUT2D eigenvalue weighted by atomic mass is 9.94. The van der Waals surface area contributed by atoms with Crippen molar-refractivity contribution in [2.75, 3.05) is 26.3 Å². The third-order valence-electron chi connectivity index (χ3n) is 2.53. The van der Waals surface area contributed by atoms with Gasteiger partial charge in [-0.25, -0.2) is 0 Å². The highest BCUT2D eigenvalue weighted by atomic mass is 16.5. The Morgan fingerprint density at radius 3 is 2.61 bits per heavy atom. The van der Waals surface area contributed by atoms with E-state index in [4.69, 9.17) is 10.5 Å². The summed E-state index contributed by atoms with van der Waals surface area (Å²) >= 11 is 0. The van der Waals surface area contributed by atoms with Crippen molar-refractivity contribution in [3.8, 4) is 0 Å². The van der Waals surface area contributed by atoms with E-state index in [1.54, 1.807) is 0 Å². The maximum atomic E-state index is 11.7. The second-order valence-electron chi connectivity index (χ2n) is 5.30. The van der Waals surface area contributed by atoms with Crippen molar-refractivity contribution in [2.24, 2.45) is 17.6 Å². The lowest BCUT2D eigenvalue weighted by Gasteiger charge is -2.16. The van der Waals surface area contributed by atoms with Crippen LogP contribution in [0.2, 0.25) is 0 Å². The summed E-state index contributed by atoms with van der Waals surface area (Å²) in [7, 11) is 0. The molecule has 0 fully saturated rings. The van der Waals surface area contributed by atoms with Gasteiger partial charge < -0.3 is 15.8 Å². The molecule has 4 heteroatoms. The third kappa shape index (κ3) is 10.3. The molecule has 0 aromatic rings. The van der Waals surface area contributed by atoms with Gasteiger partial charge in [0.1, 0.15) is 0 Å². The number of rotatable bonds is 10. The molecular weight excluding hydrogens is 228 g/mol. The first-order chi connectivity index (χ1) is 8.45. The SMILES string of the molecule is C=C(C)COCCNC(=O)CC(CN)CC(C)C. The molecule has 0 aromatic heterocycles. The van der Waals surface area contributed by atoms with Crippen molar-refractivity contribution < 1.29 is 9.53 Å². The first-order valence-electron chi connectivity index (χ1n) is 6.64. The topological polar surface area (TPSA) is 64.3 Å². The van der Waals surface area contributed by atoms with Crippen molar-refractivity contribution in [3.63, 3.8) is 0 Å². The van der Waals surface area contributed by atoms with E-state index < -0.39 is 0 Å². The molecule has 1 unspecified atom stereocenters. The van der Waals surface area contributed by atoms with E-state index in [0.717, 1.165) is 12.0 Å². The maximum Gasteiger partial charge on any atom is 0.220 e. The lowest BCUT2D eigenvalue weighted by molar-refractivity contribution is -0.122. The van der Waals surface area contributed by atoms with E-state index in [9.17, 15) is 4.79 Å². The number of carbonyl (C=O) groups is 1. The van der Waals surface area contributed by atoms with Gasteiger partial charge in [0.15, 0.2) is 0 Å². The fourth-order valence-electron chi connectivity index (χ4n) is 1.77. The minimum Gasteiger partial charge on any atom is -0.375 e. The second-order valence-corrected chi connectivity index (χ2v) is 5.30. The predicted molar refractivity (Wildman–Crippen MR) is 75.3 cm³/mol. The van der Waals surface area contributed by atoms with Crippen LogP contribution < -0.4 is 11.1 Å². The molecule has 0 saturated carbocycles. The van der Waals surface area contributed by atoms with Crippen LogP contribution in [0.3, 0.4) is 0 Å². The van der Waals surface area contributed by atoms with Gasteiger partial charge in [-0.3, -0.25) is 4.79 Å². The average molecular weight is 256 g/mol. The number of hydrogen-bond donors (Lipinski definition) is 2. The fraction of sp³-hybridized carbons (Fsp3) is 0.786. The Bertz CT molecular complexity index is 252. The Morgan fingerprint density at radius 2 is 2.11 bits per heavy atom. The molecule has 4 nitrogen and oxygen atoms in total. The molecule has 1 atom stereocenters. The average Bonchev–Trinajstić information content (AvgIpc) is 2.26. The van der Waals surface area contributed by atoms with Crippen LogP contribution in [-0.2, 0) is 9.53 Å². The number of carbonyl (C=O) groups excluding carboxylic acids is 1. The Balaban J connectivity index is 3.65. The minimum atomic E-state index is 0.0602. The van der Waals surface area contributed by atoms with Gasteiger partial charge in [0, 0.05) is 13.0 Å². The van der Waals surface area contributed by atoms with Gasteiger partial charge >= 0.3 is 0 Å². The maximum absolute atomic E-state index is 11.7. The van der Waals surface area contributed by atoms with Crippen molar-refractivity contribution in [1.29, 1.82) is 0 Å². The van der Waals surface area contributed by atoms with Gasteiger partial charge in [0.25, 0.3) is 0 Å². The summed E-state index contributed by atoms with van der Waals surface area (Å²) in [4.78, 5) is 11.7. The lowest BCUT2D eigenvalue weighted by Crippen LogP contribution is -2.31. The highest BCUT2D eigenvalue weighted by molar-refractivity contribution is 5.76. The zero-order valence-electron chi connectivity index (χ0n) is 12.0. The van der Waals surface area contributed by atoms with Gasteiger partial charge in [0.2, 0.25) is 5.91 Å². The molecule has 106 valence electrons. The Hall–Kier alpha value is -0.870. The monoisotopic (exact) mass is 256 g/mol. The molecule has 0 aliphatic carbocycles. The molecule has 18 heavy (non-hydrogen) atoms. The summed E-state index contributed by atoms with van der Waals surface area (Å²) in [5, 5.41) is 2.85. The van der Waals surface area contributed by atoms with E-state index in [-0.39, 0.29) is 11.8 Å². The van der Waals surface area contributed by atoms with Crippen molar-refractivity contribution >= 4 is 5.91 Å². The first-order valence-corrected chi connectivity index (χ1v) is 6.64. The highest BCUT2D eigenvalue weighted by Gasteiger charge is 2.13. The highest BCUT2D eigenvalue weighted by Crippen LogP contribution is 2.13. The molecule has 0 bridgehead atoms. The van der Waals surface area contributed by atoms with Crippen LogP contribution in [0.15, 0.2) is 12.2 Å². The molecule has 0 heterocycles. The predicted octanol–water partition coefficient (Wildman–Crippen LogP) is 1.71. The molecule has 0 aliphatic rings. The summed E-state index contributed by atoms with van der Waals surface area (Å²) < 4.78 is 5.30. The quantitative estimate of drug-likeness (QED) is 0.462. The third-order valence-corrected chi connectivity index (χ3v) is 2.53. The van der Waals surface area contributed by atoms with Crippen LogP contribution in [0.4, 0.5) is 0 Å². The summed E-state index contributed by atoms with van der Waals surface area (Å²) in [6.45, 7) is 12.1. The van der Waals surface area contributed by atoms with E-state index >= 15 is 0 Å². The van der Waals surface area contributed by atoms with E-state index in [1.165, 1.54) is 0 Å². The zero-order chi connectivity index (χ0) is 14.0. The van der Waals surface area contributed by atoms with Gasteiger partial charge in [-0.15, -0.1) is 0 Å². The van der Waals surface area contributed by atoms with Crippen LogP contribution in [-0.4, -0.2) is 32.2 Å². The van der Waals surface area contributed by atoms with Crippen LogP contribution >= 0.6 is 0 Å². The summed E-state index contributed by atoms with van der Waals surface area (Å²) in [6, 6.07) is 0. The molecule has 3 N–H and O–H groups in total. The fourth-order valence-corrected chi connectivity index (χ4v) is 1.77. The van der Waals surface area contributed by atoms with Gasteiger partial charge in [-0.2, -0.15) is 0 Å². The molecular formula is C14H28N2O2. The van der Waals surface area contributed by atoms with Crippen LogP contribution in [0.1, 0.15) is 33.6 Å². The zero-order valence-corrected chi connectivity index (χ0v) is 12.0. The van der Waals surface area contributed by atoms with Crippen LogP contribution in [0, 0.1) is 11.8 Å². The van der Waals surface area contributed by atoms with Crippen LogP contribution in [0.25, 0.3) is 0 Å². The first kappa shape index (κ1) is 17.1. The number of amides is 1. The molecule has 0 saturated heterocycles. The van der Waals surface area contributed by atoms with Gasteiger partial charge in [-0.1, -0.05) is 26.0 Å². The summed E-state index contributed by atoms with van der Waals surface area (Å²) in [5.74, 6) is 0.914. The normalized spacial score (nSPS) is 12.5. The Kier molecular flexibility index (Phi) is 9.60. The summed E-state index contributed by atoms with van der Waals surface area (Å²) in [6.07, 6.45) is 1.51. The molecule has 0 aromatic carbocycles. The Morgan fingerprint density at radius 1 is 1.44 bits per heavy atom. The van der Waals surface area contributed by atoms with Crippen molar-refractivity contribution in [1.82, 2.24) is 5.32 Å². The largest absolute Gasteiger partial charge is 0.375 e. The minimum absolute atomic E-state index is 0.0602. The molecule has 0 rings (SSSR count). The standard InChI is InChI=1S/C14H28N2O2/c1-11(2)7-13(9-15)8-14(17)16-5-6-18-10-12(3)4/h11,13H,3,5-10,15H2,1-2,4H3,(H,16,17). The van der Waals surface area contributed by atoms with Gasteiger partial charge in [-0.05, 0) is 31.7 Å². The second kappa shape index (κ2) is 10.1. The molecule has 0 spiro atoms. The molecule has 0 radical (unpaired) electrons. The number of nitrogens with one attached hydrogen (secondary N) is 1. The Labute approximate surface area is 111 Å². The number of nitrogens with two attached hydrogens (primary N) is 1. The molecule has 0 aliphatic heterocycles. The van der Waals surface area contributed by atoms with E-state index in [1.807, 2.05) is 6.92 Å². The van der Waals surface area contributed by atoms with E-state index in [2.05, 4.69) is 25.7 Å². The van der Waals surface area contributed by atoms with Crippen molar-refractivity contribution in [2.45, 2.75) is 33.6 Å². The summed E-state index contributed by atoms with van der Waals surface area (Å²) in [5.41, 5.74) is 6.65.